The molecule has 8 rings (SSSR count). The molecule has 0 saturated heterocycles. The molecule has 2 aromatic heterocycles. The van der Waals surface area contributed by atoms with Crippen LogP contribution in [0.25, 0.3) is 38.6 Å². The molecule has 4 aromatic rings. The zero-order chi connectivity index (χ0) is 23.6. The van der Waals surface area contributed by atoms with Crippen molar-refractivity contribution in [1.29, 1.82) is 0 Å². The first kappa shape index (κ1) is 19.7. The number of pyridine rings is 2. The Balaban J connectivity index is 1.31. The lowest BCUT2D eigenvalue weighted by Gasteiger charge is -2.37. The van der Waals surface area contributed by atoms with Crippen molar-refractivity contribution in [3.05, 3.63) is 149 Å². The average molecular weight is 459 g/mol. The molecule has 0 saturated carbocycles. The van der Waals surface area contributed by atoms with E-state index < -0.39 is 0 Å². The molecule has 0 amide bonds. The molecule has 0 spiro atoms. The van der Waals surface area contributed by atoms with E-state index in [1.807, 2.05) is 6.07 Å². The molecule has 4 aliphatic carbocycles. The molecule has 2 nitrogen and oxygen atoms in total. The van der Waals surface area contributed by atoms with Crippen LogP contribution in [0.15, 0.2) is 143 Å². The van der Waals surface area contributed by atoms with Gasteiger partial charge in [0.25, 0.3) is 0 Å². The van der Waals surface area contributed by atoms with Crippen LogP contribution in [0, 0.1) is 5.92 Å². The van der Waals surface area contributed by atoms with Gasteiger partial charge in [0.15, 0.2) is 0 Å². The molecule has 1 unspecified atom stereocenters. The second-order valence-corrected chi connectivity index (χ2v) is 9.73. The zero-order valence-electron chi connectivity index (χ0n) is 19.6. The molecule has 4 aliphatic rings. The number of para-hydroxylation sites is 1. The van der Waals surface area contributed by atoms with Gasteiger partial charge in [0.05, 0.1) is 22.6 Å². The summed E-state index contributed by atoms with van der Waals surface area (Å²) < 4.78 is 0. The fourth-order valence-electron chi connectivity index (χ4n) is 6.15. The smallest absolute Gasteiger partial charge is 0.0972 e. The summed E-state index contributed by atoms with van der Waals surface area (Å²) in [5.41, 5.74) is 12.0. The lowest BCUT2D eigenvalue weighted by atomic mass is 9.67. The summed E-state index contributed by atoms with van der Waals surface area (Å²) in [6, 6.07) is 23.2. The second-order valence-electron chi connectivity index (χ2n) is 9.73. The predicted molar refractivity (Wildman–Crippen MR) is 148 cm³/mol. The van der Waals surface area contributed by atoms with Gasteiger partial charge in [-0.05, 0) is 57.9 Å². The minimum Gasteiger partial charge on any atom is -0.246 e. The number of hydrogen-bond acceptors (Lipinski definition) is 2. The van der Waals surface area contributed by atoms with Crippen LogP contribution in [0.5, 0.6) is 0 Å². The number of fused-ring (bicyclic) bond motifs is 3. The van der Waals surface area contributed by atoms with Gasteiger partial charge in [0, 0.05) is 22.3 Å². The highest BCUT2D eigenvalue weighted by Gasteiger charge is 2.35. The van der Waals surface area contributed by atoms with Crippen LogP contribution in [0.1, 0.15) is 12.1 Å². The maximum atomic E-state index is 5.21. The number of rotatable bonds is 2. The quantitative estimate of drug-likeness (QED) is 0.284. The normalized spacial score (nSPS) is 19.6. The molecular formula is C34H22N2. The first-order valence-corrected chi connectivity index (χ1v) is 12.5. The molecular weight excluding hydrogens is 436 g/mol. The third kappa shape index (κ3) is 2.79. The molecule has 0 bridgehead atoms. The highest BCUT2D eigenvalue weighted by molar-refractivity contribution is 6.10. The number of benzene rings is 2. The highest BCUT2D eigenvalue weighted by atomic mass is 14.8. The molecule has 0 radical (unpaired) electrons. The Kier molecular flexibility index (Phi) is 4.09. The van der Waals surface area contributed by atoms with Gasteiger partial charge in [-0.3, -0.25) is 0 Å². The van der Waals surface area contributed by atoms with E-state index in [1.54, 1.807) is 0 Å². The van der Waals surface area contributed by atoms with E-state index in [9.17, 15) is 0 Å². The number of allylic oxidation sites excluding steroid dienone is 14. The SMILES string of the molecule is C1=CC2=C3C(=CC=C4C(c5cccc(-c6nc7ccccc7c7ccccc67)n5)=CC=C(C=C2)C43)C1. The van der Waals surface area contributed by atoms with Crippen LogP contribution >= 0.6 is 0 Å². The largest absolute Gasteiger partial charge is 0.246 e. The molecule has 2 heteroatoms. The van der Waals surface area contributed by atoms with Gasteiger partial charge in [-0.15, -0.1) is 0 Å². The number of aromatic nitrogens is 2. The minimum absolute atomic E-state index is 0.292. The summed E-state index contributed by atoms with van der Waals surface area (Å²) in [5, 5.41) is 3.51. The standard InChI is InChI=1S/C34H22N2/c1-2-11-28-24(9-1)25-10-3-4-12-30(25)36-34(28)31-14-6-13-29(35-31)26-19-17-23-16-15-21-7-5-8-22-18-20-27(26)33(23)32(21)22/h1-7,9-20,33H,8H2. The number of nitrogens with zero attached hydrogens (tertiary/aromatic N) is 2. The first-order valence-electron chi connectivity index (χ1n) is 12.5. The summed E-state index contributed by atoms with van der Waals surface area (Å²) in [6.07, 6.45) is 19.2. The lowest BCUT2D eigenvalue weighted by Crippen LogP contribution is -2.22. The van der Waals surface area contributed by atoms with Crippen molar-refractivity contribution >= 4 is 27.2 Å². The summed E-state index contributed by atoms with van der Waals surface area (Å²) in [5.74, 6) is 0.292. The predicted octanol–water partition coefficient (Wildman–Crippen LogP) is 8.08. The molecule has 2 aromatic carbocycles. The van der Waals surface area contributed by atoms with E-state index in [2.05, 4.69) is 109 Å². The molecule has 0 fully saturated rings. The van der Waals surface area contributed by atoms with Crippen molar-refractivity contribution < 1.29 is 0 Å². The van der Waals surface area contributed by atoms with Crippen molar-refractivity contribution in [1.82, 2.24) is 9.97 Å². The van der Waals surface area contributed by atoms with Crippen LogP contribution in [0.2, 0.25) is 0 Å². The summed E-state index contributed by atoms with van der Waals surface area (Å²) in [4.78, 5) is 10.3. The Morgan fingerprint density at radius 2 is 1.47 bits per heavy atom. The Morgan fingerprint density at radius 1 is 0.639 bits per heavy atom. The molecule has 168 valence electrons. The van der Waals surface area contributed by atoms with Crippen LogP contribution in [0.3, 0.4) is 0 Å². The van der Waals surface area contributed by atoms with E-state index in [1.165, 1.54) is 44.2 Å². The van der Waals surface area contributed by atoms with Crippen LogP contribution < -0.4 is 0 Å². The molecule has 36 heavy (non-hydrogen) atoms. The van der Waals surface area contributed by atoms with Crippen molar-refractivity contribution in [2.75, 3.05) is 0 Å². The van der Waals surface area contributed by atoms with E-state index in [0.717, 1.165) is 34.4 Å². The van der Waals surface area contributed by atoms with E-state index in [-0.39, 0.29) is 0 Å². The maximum absolute atomic E-state index is 5.21. The molecule has 0 N–H and O–H groups in total. The van der Waals surface area contributed by atoms with Crippen molar-refractivity contribution in [2.24, 2.45) is 5.92 Å². The van der Waals surface area contributed by atoms with E-state index >= 15 is 0 Å². The Bertz CT molecular complexity index is 1850. The van der Waals surface area contributed by atoms with Gasteiger partial charge in [0.1, 0.15) is 0 Å². The van der Waals surface area contributed by atoms with Crippen LogP contribution in [-0.2, 0) is 0 Å². The summed E-state index contributed by atoms with van der Waals surface area (Å²) in [6.45, 7) is 0. The lowest BCUT2D eigenvalue weighted by molar-refractivity contribution is 0.836. The zero-order valence-corrected chi connectivity index (χ0v) is 19.6. The summed E-state index contributed by atoms with van der Waals surface area (Å²) in [7, 11) is 0. The highest BCUT2D eigenvalue weighted by Crippen LogP contribution is 2.50. The average Bonchev–Trinajstić information content (AvgIpc) is 2.95. The minimum atomic E-state index is 0.292. The van der Waals surface area contributed by atoms with Crippen LogP contribution in [0.4, 0.5) is 0 Å². The van der Waals surface area contributed by atoms with Gasteiger partial charge >= 0.3 is 0 Å². The van der Waals surface area contributed by atoms with Gasteiger partial charge in [-0.2, -0.15) is 0 Å². The fourth-order valence-corrected chi connectivity index (χ4v) is 6.15. The molecule has 1 atom stereocenters. The summed E-state index contributed by atoms with van der Waals surface area (Å²) >= 11 is 0. The Morgan fingerprint density at radius 3 is 2.42 bits per heavy atom. The van der Waals surface area contributed by atoms with Gasteiger partial charge in [-0.25, -0.2) is 9.97 Å². The van der Waals surface area contributed by atoms with E-state index in [0.29, 0.717) is 5.92 Å². The van der Waals surface area contributed by atoms with E-state index in [4.69, 9.17) is 9.97 Å². The first-order chi connectivity index (χ1) is 17.8. The third-order valence-corrected chi connectivity index (χ3v) is 7.77. The van der Waals surface area contributed by atoms with Crippen molar-refractivity contribution in [3.8, 4) is 11.4 Å². The van der Waals surface area contributed by atoms with Gasteiger partial charge in [-0.1, -0.05) is 97.1 Å². The molecule has 2 heterocycles. The van der Waals surface area contributed by atoms with Crippen molar-refractivity contribution in [3.63, 3.8) is 0 Å². The topological polar surface area (TPSA) is 25.8 Å². The van der Waals surface area contributed by atoms with Crippen molar-refractivity contribution in [2.45, 2.75) is 6.42 Å². The third-order valence-electron chi connectivity index (χ3n) is 7.77. The van der Waals surface area contributed by atoms with Gasteiger partial charge in [0.2, 0.25) is 0 Å². The number of hydrogen-bond donors (Lipinski definition) is 0. The maximum Gasteiger partial charge on any atom is 0.0972 e. The monoisotopic (exact) mass is 458 g/mol. The fraction of sp³-hybridized carbons (Fsp3) is 0.0588. The van der Waals surface area contributed by atoms with Crippen LogP contribution in [-0.4, -0.2) is 9.97 Å². The Hall–Kier alpha value is -4.56. The second kappa shape index (κ2) is 7.47. The molecule has 0 aliphatic heterocycles. The Labute approximate surface area is 209 Å². The van der Waals surface area contributed by atoms with Gasteiger partial charge < -0.3 is 0 Å².